The van der Waals surface area contributed by atoms with E-state index in [-0.39, 0.29) is 0 Å². The van der Waals surface area contributed by atoms with Gasteiger partial charge in [-0.15, -0.1) is 6.42 Å². The van der Waals surface area contributed by atoms with Crippen LogP contribution < -0.4 is 5.32 Å². The third-order valence-electron chi connectivity index (χ3n) is 2.49. The van der Waals surface area contributed by atoms with Gasteiger partial charge in [0.25, 0.3) is 0 Å². The van der Waals surface area contributed by atoms with Gasteiger partial charge in [-0.3, -0.25) is 4.90 Å². The van der Waals surface area contributed by atoms with Gasteiger partial charge in [0.15, 0.2) is 0 Å². The van der Waals surface area contributed by atoms with Crippen LogP contribution >= 0.6 is 0 Å². The molecule has 1 aliphatic heterocycles. The van der Waals surface area contributed by atoms with Gasteiger partial charge in [-0.1, -0.05) is 5.92 Å². The van der Waals surface area contributed by atoms with E-state index in [1.165, 1.54) is 19.4 Å². The molecule has 1 heterocycles. The molecular formula is C10H18N2. The fourth-order valence-corrected chi connectivity index (χ4v) is 1.71. The summed E-state index contributed by atoms with van der Waals surface area (Å²) in [5.41, 5.74) is 0. The lowest BCUT2D eigenvalue weighted by atomic mass is 10.2. The van der Waals surface area contributed by atoms with Gasteiger partial charge in [-0.25, -0.2) is 0 Å². The van der Waals surface area contributed by atoms with Gasteiger partial charge >= 0.3 is 0 Å². The van der Waals surface area contributed by atoms with E-state index in [0.717, 1.165) is 19.1 Å². The molecule has 0 aliphatic carbocycles. The number of rotatable bonds is 4. The smallest absolute Gasteiger partial charge is 0.0574 e. The zero-order valence-corrected chi connectivity index (χ0v) is 7.84. The first-order valence-electron chi connectivity index (χ1n) is 4.73. The molecule has 1 fully saturated rings. The highest BCUT2D eigenvalue weighted by molar-refractivity contribution is 4.86. The van der Waals surface area contributed by atoms with Crippen molar-refractivity contribution in [1.82, 2.24) is 10.2 Å². The van der Waals surface area contributed by atoms with Crippen LogP contribution in [0.4, 0.5) is 0 Å². The van der Waals surface area contributed by atoms with Crippen molar-refractivity contribution in [3.63, 3.8) is 0 Å². The van der Waals surface area contributed by atoms with Gasteiger partial charge in [-0.2, -0.15) is 0 Å². The number of terminal acetylenes is 1. The van der Waals surface area contributed by atoms with Gasteiger partial charge < -0.3 is 5.32 Å². The summed E-state index contributed by atoms with van der Waals surface area (Å²) >= 11 is 0. The molecule has 1 unspecified atom stereocenters. The topological polar surface area (TPSA) is 15.3 Å². The Bertz CT molecular complexity index is 160. The number of nitrogens with one attached hydrogen (secondary N) is 1. The zero-order valence-electron chi connectivity index (χ0n) is 7.84. The van der Waals surface area contributed by atoms with E-state index in [1.807, 2.05) is 0 Å². The van der Waals surface area contributed by atoms with Gasteiger partial charge in [0, 0.05) is 19.1 Å². The fourth-order valence-electron chi connectivity index (χ4n) is 1.71. The van der Waals surface area contributed by atoms with Crippen LogP contribution in [0.3, 0.4) is 0 Å². The summed E-state index contributed by atoms with van der Waals surface area (Å²) in [6.07, 6.45) is 7.84. The van der Waals surface area contributed by atoms with Gasteiger partial charge in [-0.05, 0) is 26.3 Å². The molecule has 2 nitrogen and oxygen atoms in total. The predicted molar refractivity (Wildman–Crippen MR) is 52.0 cm³/mol. The molecule has 0 spiro atoms. The first-order valence-corrected chi connectivity index (χ1v) is 4.73. The second-order valence-electron chi connectivity index (χ2n) is 3.41. The molecule has 1 atom stereocenters. The van der Waals surface area contributed by atoms with Crippen LogP contribution in [0.15, 0.2) is 0 Å². The van der Waals surface area contributed by atoms with Crippen molar-refractivity contribution in [2.45, 2.75) is 25.8 Å². The van der Waals surface area contributed by atoms with Crippen molar-refractivity contribution >= 4 is 0 Å². The highest BCUT2D eigenvalue weighted by Gasteiger charge is 2.18. The Balaban J connectivity index is 2.03. The van der Waals surface area contributed by atoms with Gasteiger partial charge in [0.2, 0.25) is 0 Å². The Morgan fingerprint density at radius 1 is 1.67 bits per heavy atom. The van der Waals surface area contributed by atoms with Crippen molar-refractivity contribution in [2.75, 3.05) is 26.2 Å². The summed E-state index contributed by atoms with van der Waals surface area (Å²) in [6, 6.07) is 0.776. The van der Waals surface area contributed by atoms with E-state index >= 15 is 0 Å². The predicted octanol–water partition coefficient (Wildman–Crippen LogP) is 0.694. The molecule has 1 aliphatic rings. The molecule has 0 aromatic carbocycles. The molecule has 12 heavy (non-hydrogen) atoms. The molecule has 68 valence electrons. The normalized spacial score (nSPS) is 24.2. The van der Waals surface area contributed by atoms with Crippen LogP contribution in [0.25, 0.3) is 0 Å². The minimum atomic E-state index is 0.697. The first-order chi connectivity index (χ1) is 5.84. The third kappa shape index (κ3) is 2.84. The molecular weight excluding hydrogens is 148 g/mol. The maximum absolute atomic E-state index is 5.12. The Morgan fingerprint density at radius 3 is 3.08 bits per heavy atom. The summed E-state index contributed by atoms with van der Waals surface area (Å²) in [7, 11) is 0. The minimum absolute atomic E-state index is 0.697. The average Bonchev–Trinajstić information content (AvgIpc) is 2.46. The zero-order chi connectivity index (χ0) is 8.81. The minimum Gasteiger partial charge on any atom is -0.305 e. The molecule has 1 saturated heterocycles. The molecule has 0 radical (unpaired) electrons. The Kier molecular flexibility index (Phi) is 4.13. The molecule has 0 aromatic rings. The Morgan fingerprint density at radius 2 is 2.50 bits per heavy atom. The lowest BCUT2D eigenvalue weighted by molar-refractivity contribution is 0.270. The first kappa shape index (κ1) is 9.57. The molecule has 1 N–H and O–H groups in total. The fraction of sp³-hybridized carbons (Fsp3) is 0.800. The summed E-state index contributed by atoms with van der Waals surface area (Å²) in [5.74, 6) is 2.57. The number of nitrogens with zero attached hydrogens (tertiary/aromatic N) is 1. The summed E-state index contributed by atoms with van der Waals surface area (Å²) in [6.45, 7) is 6.42. The van der Waals surface area contributed by atoms with E-state index < -0.39 is 0 Å². The highest BCUT2D eigenvalue weighted by atomic mass is 15.2. The van der Waals surface area contributed by atoms with E-state index in [2.05, 4.69) is 23.1 Å². The van der Waals surface area contributed by atoms with Crippen LogP contribution in [0, 0.1) is 12.3 Å². The largest absolute Gasteiger partial charge is 0.305 e. The molecule has 0 saturated carbocycles. The van der Waals surface area contributed by atoms with Crippen LogP contribution in [-0.2, 0) is 0 Å². The molecule has 0 aromatic heterocycles. The van der Waals surface area contributed by atoms with E-state index in [1.54, 1.807) is 0 Å². The molecule has 0 bridgehead atoms. The monoisotopic (exact) mass is 166 g/mol. The van der Waals surface area contributed by atoms with Crippen molar-refractivity contribution < 1.29 is 0 Å². The molecule has 0 amide bonds. The maximum Gasteiger partial charge on any atom is 0.0574 e. The molecule has 1 rings (SSSR count). The average molecular weight is 166 g/mol. The van der Waals surface area contributed by atoms with Crippen molar-refractivity contribution in [3.8, 4) is 12.3 Å². The second kappa shape index (κ2) is 5.18. The summed E-state index contributed by atoms with van der Waals surface area (Å²) in [4.78, 5) is 2.52. The molecule has 2 heteroatoms. The van der Waals surface area contributed by atoms with Crippen LogP contribution in [-0.4, -0.2) is 37.1 Å². The van der Waals surface area contributed by atoms with E-state index in [9.17, 15) is 0 Å². The third-order valence-corrected chi connectivity index (χ3v) is 2.49. The quantitative estimate of drug-likeness (QED) is 0.488. The summed E-state index contributed by atoms with van der Waals surface area (Å²) < 4.78 is 0. The lowest BCUT2D eigenvalue weighted by Crippen LogP contribution is -2.34. The summed E-state index contributed by atoms with van der Waals surface area (Å²) in [5, 5.41) is 3.20. The SMILES string of the molecule is C#CCNCCN1CCCC1C. The van der Waals surface area contributed by atoms with Crippen molar-refractivity contribution in [2.24, 2.45) is 0 Å². The van der Waals surface area contributed by atoms with E-state index in [0.29, 0.717) is 6.54 Å². The Labute approximate surface area is 75.3 Å². The van der Waals surface area contributed by atoms with E-state index in [4.69, 9.17) is 6.42 Å². The van der Waals surface area contributed by atoms with Crippen LogP contribution in [0.2, 0.25) is 0 Å². The number of hydrogen-bond acceptors (Lipinski definition) is 2. The number of hydrogen-bond donors (Lipinski definition) is 1. The van der Waals surface area contributed by atoms with Crippen LogP contribution in [0.1, 0.15) is 19.8 Å². The second-order valence-corrected chi connectivity index (χ2v) is 3.41. The van der Waals surface area contributed by atoms with Crippen LogP contribution in [0.5, 0.6) is 0 Å². The van der Waals surface area contributed by atoms with Crippen molar-refractivity contribution in [1.29, 1.82) is 0 Å². The maximum atomic E-state index is 5.12. The highest BCUT2D eigenvalue weighted by Crippen LogP contribution is 2.14. The standard InChI is InChI=1S/C10H18N2/c1-3-6-11-7-9-12-8-4-5-10(12)2/h1,10-11H,4-9H2,2H3. The lowest BCUT2D eigenvalue weighted by Gasteiger charge is -2.20. The number of likely N-dealkylation sites (tertiary alicyclic amines) is 1. The van der Waals surface area contributed by atoms with Gasteiger partial charge in [0.1, 0.15) is 0 Å². The van der Waals surface area contributed by atoms with Gasteiger partial charge in [0.05, 0.1) is 6.54 Å². The van der Waals surface area contributed by atoms with Crippen molar-refractivity contribution in [3.05, 3.63) is 0 Å². The Hall–Kier alpha value is -0.520.